The van der Waals surface area contributed by atoms with Gasteiger partial charge in [0.1, 0.15) is 34.6 Å². The highest BCUT2D eigenvalue weighted by Crippen LogP contribution is 2.63. The van der Waals surface area contributed by atoms with E-state index in [-0.39, 0.29) is 48.0 Å². The van der Waals surface area contributed by atoms with Gasteiger partial charge in [-0.05, 0) is 184 Å². The van der Waals surface area contributed by atoms with E-state index in [4.69, 9.17) is 28.4 Å². The molecule has 12 atom stereocenters. The van der Waals surface area contributed by atoms with Crippen LogP contribution in [-0.2, 0) is 57.2 Å². The molecule has 75 heavy (non-hydrogen) atoms. The number of rotatable bonds is 10. The molecule has 0 heterocycles. The Kier molecular flexibility index (Phi) is 14.7. The molecule has 15 aliphatic rings. The summed E-state index contributed by atoms with van der Waals surface area (Å²) in [5.74, 6) is 2.70. The molecule has 0 aromatic heterocycles. The van der Waals surface area contributed by atoms with Crippen LogP contribution in [0.25, 0.3) is 0 Å². The number of fused-ring (bicyclic) bond motifs is 5. The first-order chi connectivity index (χ1) is 34.9. The predicted octanol–water partition coefficient (Wildman–Crippen LogP) is 8.73. The predicted molar refractivity (Wildman–Crippen MR) is 273 cm³/mol. The molecular formula is C60H84O15. The highest BCUT2D eigenvalue weighted by molar-refractivity contribution is 5.88. The lowest BCUT2D eigenvalue weighted by Gasteiger charge is -2.62. The SMILES string of the molecule is C=C(C)C(=O)OC12CC3CC(CC(O)(C3)C1)C2.C=C(C)C(=O)OC12CC3CC(CC(OC(C)=O)(C3)C1)C2.C=C(C)C(=O)OC12CC3CC(O)(CC(O)(C3)C1)C2.C=C(C)C(=O)OC1CCC2C3CC(CC3OC(C)=O)C12. The molecule has 12 unspecified atom stereocenters. The average Bonchev–Trinajstić information content (AvgIpc) is 3.94. The summed E-state index contributed by atoms with van der Waals surface area (Å²) in [7, 11) is 0. The van der Waals surface area contributed by atoms with Crippen molar-refractivity contribution in [2.24, 2.45) is 53.3 Å². The number of carbonyl (C=O) groups is 6. The van der Waals surface area contributed by atoms with Crippen LogP contribution in [0.4, 0.5) is 0 Å². The Morgan fingerprint density at radius 1 is 0.387 bits per heavy atom. The lowest BCUT2D eigenvalue weighted by molar-refractivity contribution is -0.260. The summed E-state index contributed by atoms with van der Waals surface area (Å²) in [6.07, 6.45) is 18.8. The second kappa shape index (κ2) is 19.8. The summed E-state index contributed by atoms with van der Waals surface area (Å²) >= 11 is 0. The number of ether oxygens (including phenoxy) is 6. The van der Waals surface area contributed by atoms with Gasteiger partial charge in [0.15, 0.2) is 0 Å². The molecule has 0 saturated heterocycles. The second-order valence-corrected chi connectivity index (χ2v) is 27.0. The Bertz CT molecular complexity index is 2350. The van der Waals surface area contributed by atoms with Crippen molar-refractivity contribution in [3.05, 3.63) is 48.6 Å². The van der Waals surface area contributed by atoms with Gasteiger partial charge in [0, 0.05) is 74.2 Å². The van der Waals surface area contributed by atoms with Crippen LogP contribution in [0.1, 0.15) is 183 Å². The Morgan fingerprint density at radius 3 is 1.24 bits per heavy atom. The summed E-state index contributed by atoms with van der Waals surface area (Å²) in [6.45, 7) is 24.1. The Labute approximate surface area is 442 Å². The van der Waals surface area contributed by atoms with Crippen molar-refractivity contribution in [2.45, 2.75) is 234 Å². The van der Waals surface area contributed by atoms with E-state index >= 15 is 0 Å². The molecule has 15 rings (SSSR count). The van der Waals surface area contributed by atoms with Gasteiger partial charge < -0.3 is 43.7 Å². The van der Waals surface area contributed by atoms with Gasteiger partial charge in [-0.1, -0.05) is 26.3 Å². The van der Waals surface area contributed by atoms with Crippen LogP contribution >= 0.6 is 0 Å². The molecule has 15 fully saturated rings. The molecule has 15 saturated carbocycles. The van der Waals surface area contributed by atoms with Gasteiger partial charge in [0.25, 0.3) is 0 Å². The van der Waals surface area contributed by atoms with Gasteiger partial charge >= 0.3 is 35.8 Å². The fraction of sp³-hybridized carbons (Fsp3) is 0.767. The van der Waals surface area contributed by atoms with Crippen molar-refractivity contribution in [1.29, 1.82) is 0 Å². The zero-order valence-electron chi connectivity index (χ0n) is 45.5. The third-order valence-corrected chi connectivity index (χ3v) is 19.5. The topological polar surface area (TPSA) is 218 Å². The third-order valence-electron chi connectivity index (χ3n) is 19.5. The maximum atomic E-state index is 11.9. The Hall–Kier alpha value is -4.34. The minimum atomic E-state index is -0.858. The smallest absolute Gasteiger partial charge is 0.333 e. The van der Waals surface area contributed by atoms with Crippen LogP contribution in [0.15, 0.2) is 48.6 Å². The van der Waals surface area contributed by atoms with Crippen molar-refractivity contribution in [2.75, 3.05) is 0 Å². The minimum absolute atomic E-state index is 0.0393. The highest BCUT2D eigenvalue weighted by atomic mass is 16.6. The van der Waals surface area contributed by atoms with Crippen molar-refractivity contribution in [3.8, 4) is 0 Å². The van der Waals surface area contributed by atoms with Gasteiger partial charge in [0.2, 0.25) is 0 Å². The summed E-state index contributed by atoms with van der Waals surface area (Å²) in [5.41, 5.74) is -2.48. The standard InChI is InChI=1S/2C16H22O4.C14H20O4.C14H20O3/c1-10(2)14(18)20-16-7-12-4-13(8-16)6-15(5-12,9-16)19-11(3)17;1-8(2)16(18)20-13-5-4-11-12-6-10(15(11)13)7-14(12)19-9(3)17;1-9(2)11(15)18-14-5-10-3-12(16,7-14)6-13(17,4-10)8-14;1-9(2)12(15)17-14-6-10-3-11(7-14)5-13(16,4-10)8-14/h12-13H,1,4-9H2,2-3H3;10-15H,1,4-7H2,2-3H3;10,16-17H,1,3-8H2,2H3;10-11,16H,1,3-8H2,2H3. The van der Waals surface area contributed by atoms with E-state index in [0.717, 1.165) is 96.3 Å². The number of hydrogen-bond donors (Lipinski definition) is 3. The molecule has 0 aromatic rings. The van der Waals surface area contributed by atoms with Crippen LogP contribution in [0, 0.1) is 53.3 Å². The van der Waals surface area contributed by atoms with Crippen molar-refractivity contribution in [1.82, 2.24) is 0 Å². The highest BCUT2D eigenvalue weighted by Gasteiger charge is 2.66. The molecule has 414 valence electrons. The monoisotopic (exact) mass is 1040 g/mol. The van der Waals surface area contributed by atoms with Crippen LogP contribution in [-0.4, -0.2) is 103 Å². The molecule has 0 spiro atoms. The molecule has 15 aliphatic carbocycles. The zero-order chi connectivity index (χ0) is 54.4. The fourth-order valence-corrected chi connectivity index (χ4v) is 18.8. The van der Waals surface area contributed by atoms with E-state index in [0.29, 0.717) is 102 Å². The van der Waals surface area contributed by atoms with Gasteiger partial charge in [-0.2, -0.15) is 0 Å². The lowest BCUT2D eigenvalue weighted by Crippen LogP contribution is -2.66. The molecule has 15 nitrogen and oxygen atoms in total. The summed E-state index contributed by atoms with van der Waals surface area (Å²) in [6, 6.07) is 0. The van der Waals surface area contributed by atoms with Gasteiger partial charge in [0.05, 0.1) is 16.8 Å². The van der Waals surface area contributed by atoms with Gasteiger partial charge in [-0.15, -0.1) is 0 Å². The second-order valence-electron chi connectivity index (χ2n) is 27.0. The fourth-order valence-electron chi connectivity index (χ4n) is 18.8. The van der Waals surface area contributed by atoms with Crippen molar-refractivity contribution >= 4 is 35.8 Å². The normalized spacial score (nSPS) is 44.5. The summed E-state index contributed by atoms with van der Waals surface area (Å²) in [4.78, 5) is 69.7. The maximum absolute atomic E-state index is 11.9. The minimum Gasteiger partial charge on any atom is -0.462 e. The first kappa shape index (κ1) is 55.4. The number of carbonyl (C=O) groups excluding carboxylic acids is 6. The molecule has 0 aromatic carbocycles. The van der Waals surface area contributed by atoms with Crippen molar-refractivity contribution < 1.29 is 72.5 Å². The molecule has 0 amide bonds. The average molecular weight is 1050 g/mol. The van der Waals surface area contributed by atoms with Crippen LogP contribution in [0.5, 0.6) is 0 Å². The molecule has 15 heteroatoms. The van der Waals surface area contributed by atoms with Gasteiger partial charge in [-0.3, -0.25) is 9.59 Å². The quantitative estimate of drug-likeness (QED) is 0.106. The molecule has 0 radical (unpaired) electrons. The van der Waals surface area contributed by atoms with E-state index in [2.05, 4.69) is 26.3 Å². The maximum Gasteiger partial charge on any atom is 0.333 e. The molecular weight excluding hydrogens is 961 g/mol. The summed E-state index contributed by atoms with van der Waals surface area (Å²) < 4.78 is 33.8. The zero-order valence-corrected chi connectivity index (χ0v) is 45.5. The van der Waals surface area contributed by atoms with Crippen LogP contribution in [0.3, 0.4) is 0 Å². The Morgan fingerprint density at radius 2 is 0.800 bits per heavy atom. The first-order valence-electron chi connectivity index (χ1n) is 28.0. The number of hydrogen-bond acceptors (Lipinski definition) is 15. The molecule has 14 bridgehead atoms. The van der Waals surface area contributed by atoms with Gasteiger partial charge in [-0.25, -0.2) is 19.2 Å². The van der Waals surface area contributed by atoms with E-state index in [9.17, 15) is 44.1 Å². The number of aliphatic hydroxyl groups is 3. The first-order valence-corrected chi connectivity index (χ1v) is 28.0. The van der Waals surface area contributed by atoms with Crippen molar-refractivity contribution in [3.63, 3.8) is 0 Å². The van der Waals surface area contributed by atoms with Crippen LogP contribution in [0.2, 0.25) is 0 Å². The number of esters is 6. The van der Waals surface area contributed by atoms with Crippen LogP contribution < -0.4 is 0 Å². The lowest BCUT2D eigenvalue weighted by atomic mass is 9.50. The summed E-state index contributed by atoms with van der Waals surface area (Å²) in [5, 5.41) is 31.5. The van der Waals surface area contributed by atoms with E-state index in [1.807, 2.05) is 0 Å². The van der Waals surface area contributed by atoms with E-state index in [1.54, 1.807) is 27.7 Å². The third kappa shape index (κ3) is 11.6. The Balaban J connectivity index is 0.000000123. The largest absolute Gasteiger partial charge is 0.462 e. The molecule has 0 aliphatic heterocycles. The van der Waals surface area contributed by atoms with E-state index < -0.39 is 45.2 Å². The van der Waals surface area contributed by atoms with E-state index in [1.165, 1.54) is 26.7 Å². The molecule has 3 N–H and O–H groups in total.